The molecular formula is C14H16BrNO3. The van der Waals surface area contributed by atoms with Crippen molar-refractivity contribution in [3.05, 3.63) is 33.8 Å². The van der Waals surface area contributed by atoms with E-state index in [0.717, 1.165) is 22.9 Å². The number of carboxylic acids is 1. The molecule has 1 aliphatic rings. The number of rotatable bonds is 5. The van der Waals surface area contributed by atoms with Gasteiger partial charge in [-0.05, 0) is 49.4 Å². The zero-order chi connectivity index (χ0) is 14.0. The van der Waals surface area contributed by atoms with Gasteiger partial charge in [-0.25, -0.2) is 0 Å². The summed E-state index contributed by atoms with van der Waals surface area (Å²) in [6.07, 6.45) is 2.17. The van der Waals surface area contributed by atoms with Crippen molar-refractivity contribution in [2.45, 2.75) is 19.8 Å². The van der Waals surface area contributed by atoms with Gasteiger partial charge in [-0.2, -0.15) is 0 Å². The summed E-state index contributed by atoms with van der Waals surface area (Å²) in [5, 5.41) is 8.92. The SMILES string of the molecule is Cc1cc(Br)cc(C(=O)N(CC(=O)O)CC2CC2)c1. The third kappa shape index (κ3) is 4.06. The van der Waals surface area contributed by atoms with Crippen LogP contribution in [-0.4, -0.2) is 35.0 Å². The Labute approximate surface area is 120 Å². The molecule has 0 atom stereocenters. The smallest absolute Gasteiger partial charge is 0.323 e. The van der Waals surface area contributed by atoms with Gasteiger partial charge in [-0.3, -0.25) is 9.59 Å². The molecule has 4 nitrogen and oxygen atoms in total. The van der Waals surface area contributed by atoms with Crippen LogP contribution in [0.15, 0.2) is 22.7 Å². The summed E-state index contributed by atoms with van der Waals surface area (Å²) >= 11 is 3.36. The lowest BCUT2D eigenvalue weighted by atomic mass is 10.1. The van der Waals surface area contributed by atoms with Crippen molar-refractivity contribution in [2.75, 3.05) is 13.1 Å². The summed E-state index contributed by atoms with van der Waals surface area (Å²) < 4.78 is 0.831. The van der Waals surface area contributed by atoms with E-state index in [-0.39, 0.29) is 12.5 Å². The van der Waals surface area contributed by atoms with Crippen LogP contribution in [0.25, 0.3) is 0 Å². The molecule has 0 radical (unpaired) electrons. The highest BCUT2D eigenvalue weighted by Crippen LogP contribution is 2.30. The topological polar surface area (TPSA) is 57.6 Å². The van der Waals surface area contributed by atoms with Gasteiger partial charge in [0.15, 0.2) is 0 Å². The number of amides is 1. The summed E-state index contributed by atoms with van der Waals surface area (Å²) in [5.41, 5.74) is 1.51. The van der Waals surface area contributed by atoms with Crippen molar-refractivity contribution in [2.24, 2.45) is 5.92 Å². The maximum Gasteiger partial charge on any atom is 0.323 e. The first-order valence-corrected chi connectivity index (χ1v) is 7.03. The van der Waals surface area contributed by atoms with E-state index in [9.17, 15) is 9.59 Å². The minimum atomic E-state index is -0.972. The molecule has 0 saturated heterocycles. The molecule has 1 saturated carbocycles. The average molecular weight is 326 g/mol. The largest absolute Gasteiger partial charge is 0.480 e. The van der Waals surface area contributed by atoms with Gasteiger partial charge in [0, 0.05) is 16.6 Å². The number of carboxylic acid groups (broad SMARTS) is 1. The van der Waals surface area contributed by atoms with Gasteiger partial charge in [0.1, 0.15) is 6.54 Å². The summed E-state index contributed by atoms with van der Waals surface area (Å²) in [5.74, 6) is -0.712. The van der Waals surface area contributed by atoms with Gasteiger partial charge < -0.3 is 10.0 Å². The van der Waals surface area contributed by atoms with Crippen LogP contribution in [0.3, 0.4) is 0 Å². The molecule has 0 bridgehead atoms. The van der Waals surface area contributed by atoms with Crippen LogP contribution >= 0.6 is 15.9 Å². The molecule has 0 aliphatic heterocycles. The van der Waals surface area contributed by atoms with Gasteiger partial charge in [0.2, 0.25) is 0 Å². The first-order valence-electron chi connectivity index (χ1n) is 6.24. The van der Waals surface area contributed by atoms with Gasteiger partial charge >= 0.3 is 5.97 Å². The molecule has 1 N–H and O–H groups in total. The van der Waals surface area contributed by atoms with Crippen LogP contribution in [0, 0.1) is 12.8 Å². The van der Waals surface area contributed by atoms with Crippen LogP contribution < -0.4 is 0 Å². The fraction of sp³-hybridized carbons (Fsp3) is 0.429. The number of carbonyl (C=O) groups is 2. The van der Waals surface area contributed by atoms with Gasteiger partial charge in [-0.1, -0.05) is 15.9 Å². The molecular weight excluding hydrogens is 310 g/mol. The zero-order valence-electron chi connectivity index (χ0n) is 10.7. The highest BCUT2D eigenvalue weighted by molar-refractivity contribution is 9.10. The van der Waals surface area contributed by atoms with Crippen molar-refractivity contribution in [3.8, 4) is 0 Å². The van der Waals surface area contributed by atoms with Gasteiger partial charge in [-0.15, -0.1) is 0 Å². The monoisotopic (exact) mass is 325 g/mol. The zero-order valence-corrected chi connectivity index (χ0v) is 12.3. The number of hydrogen-bond acceptors (Lipinski definition) is 2. The van der Waals surface area contributed by atoms with Crippen molar-refractivity contribution in [3.63, 3.8) is 0 Å². The maximum absolute atomic E-state index is 12.4. The molecule has 2 rings (SSSR count). The Morgan fingerprint density at radius 3 is 2.58 bits per heavy atom. The van der Waals surface area contributed by atoms with E-state index in [1.165, 1.54) is 4.90 Å². The summed E-state index contributed by atoms with van der Waals surface area (Å²) in [6.45, 7) is 2.21. The standard InChI is InChI=1S/C14H16BrNO3/c1-9-4-11(6-12(15)5-9)14(19)16(8-13(17)18)7-10-2-3-10/h4-6,10H,2-3,7-8H2,1H3,(H,17,18). The van der Waals surface area contributed by atoms with Gasteiger partial charge in [0.25, 0.3) is 5.91 Å². The van der Waals surface area contributed by atoms with Gasteiger partial charge in [0.05, 0.1) is 0 Å². The Morgan fingerprint density at radius 2 is 2.05 bits per heavy atom. The molecule has 1 aliphatic carbocycles. The second kappa shape index (κ2) is 5.74. The van der Waals surface area contributed by atoms with E-state index in [2.05, 4.69) is 15.9 Å². The summed E-state index contributed by atoms with van der Waals surface area (Å²) in [7, 11) is 0. The fourth-order valence-electron chi connectivity index (χ4n) is 2.04. The molecule has 0 unspecified atom stereocenters. The minimum absolute atomic E-state index is 0.210. The number of halogens is 1. The van der Waals surface area contributed by atoms with E-state index in [1.807, 2.05) is 13.0 Å². The number of hydrogen-bond donors (Lipinski definition) is 1. The lowest BCUT2D eigenvalue weighted by Gasteiger charge is -2.21. The quantitative estimate of drug-likeness (QED) is 0.905. The van der Waals surface area contributed by atoms with E-state index >= 15 is 0 Å². The van der Waals surface area contributed by atoms with E-state index in [4.69, 9.17) is 5.11 Å². The third-order valence-electron chi connectivity index (χ3n) is 3.08. The maximum atomic E-state index is 12.4. The molecule has 0 spiro atoms. The van der Waals surface area contributed by atoms with E-state index in [0.29, 0.717) is 18.0 Å². The molecule has 1 fully saturated rings. The lowest BCUT2D eigenvalue weighted by Crippen LogP contribution is -2.37. The predicted octanol–water partition coefficient (Wildman–Crippen LogP) is 2.69. The molecule has 1 amide bonds. The summed E-state index contributed by atoms with van der Waals surface area (Å²) in [4.78, 5) is 24.7. The molecule has 19 heavy (non-hydrogen) atoms. The Hall–Kier alpha value is -1.36. The molecule has 0 aromatic heterocycles. The van der Waals surface area contributed by atoms with Crippen LogP contribution in [0.2, 0.25) is 0 Å². The molecule has 102 valence electrons. The number of aryl methyl sites for hydroxylation is 1. The average Bonchev–Trinajstić information content (AvgIpc) is 3.09. The summed E-state index contributed by atoms with van der Waals surface area (Å²) in [6, 6.07) is 5.44. The van der Waals surface area contributed by atoms with E-state index < -0.39 is 5.97 Å². The Balaban J connectivity index is 2.18. The first kappa shape index (κ1) is 14.1. The van der Waals surface area contributed by atoms with Crippen molar-refractivity contribution in [1.82, 2.24) is 4.90 Å². The number of aliphatic carboxylic acids is 1. The second-order valence-corrected chi connectivity index (χ2v) is 5.96. The Kier molecular flexibility index (Phi) is 4.24. The molecule has 0 heterocycles. The highest BCUT2D eigenvalue weighted by Gasteiger charge is 2.28. The van der Waals surface area contributed by atoms with E-state index in [1.54, 1.807) is 12.1 Å². The Morgan fingerprint density at radius 1 is 1.37 bits per heavy atom. The van der Waals surface area contributed by atoms with Crippen molar-refractivity contribution >= 4 is 27.8 Å². The van der Waals surface area contributed by atoms with Crippen LogP contribution in [0.1, 0.15) is 28.8 Å². The van der Waals surface area contributed by atoms with Crippen LogP contribution in [-0.2, 0) is 4.79 Å². The van der Waals surface area contributed by atoms with Crippen molar-refractivity contribution < 1.29 is 14.7 Å². The molecule has 1 aromatic carbocycles. The number of benzene rings is 1. The lowest BCUT2D eigenvalue weighted by molar-refractivity contribution is -0.137. The molecule has 1 aromatic rings. The second-order valence-electron chi connectivity index (χ2n) is 5.04. The highest BCUT2D eigenvalue weighted by atomic mass is 79.9. The van der Waals surface area contributed by atoms with Crippen LogP contribution in [0.5, 0.6) is 0 Å². The first-order chi connectivity index (χ1) is 8.95. The predicted molar refractivity (Wildman–Crippen MR) is 75.1 cm³/mol. The number of carbonyl (C=O) groups excluding carboxylic acids is 1. The minimum Gasteiger partial charge on any atom is -0.480 e. The molecule has 5 heteroatoms. The normalized spacial score (nSPS) is 14.2. The fourth-order valence-corrected chi connectivity index (χ4v) is 2.64. The van der Waals surface area contributed by atoms with Crippen molar-refractivity contribution in [1.29, 1.82) is 0 Å². The van der Waals surface area contributed by atoms with Crippen LogP contribution in [0.4, 0.5) is 0 Å². The third-order valence-corrected chi connectivity index (χ3v) is 3.54. The Bertz CT molecular complexity index is 491. The number of nitrogens with zero attached hydrogens (tertiary/aromatic N) is 1.